The van der Waals surface area contributed by atoms with Gasteiger partial charge in [-0.2, -0.15) is 0 Å². The van der Waals surface area contributed by atoms with E-state index in [1.54, 1.807) is 72.7 Å². The van der Waals surface area contributed by atoms with Gasteiger partial charge < -0.3 is 24.3 Å². The second-order valence-corrected chi connectivity index (χ2v) is 14.8. The van der Waals surface area contributed by atoms with Crippen LogP contribution in [0.1, 0.15) is 117 Å². The molecular formula is C38H53N3O9. The summed E-state index contributed by atoms with van der Waals surface area (Å²) in [5, 5.41) is 4.29. The van der Waals surface area contributed by atoms with Crippen molar-refractivity contribution in [2.45, 2.75) is 118 Å². The lowest BCUT2D eigenvalue weighted by Gasteiger charge is -2.41. The van der Waals surface area contributed by atoms with E-state index in [0.717, 1.165) is 48.2 Å². The lowest BCUT2D eigenvalue weighted by atomic mass is 9.85. The summed E-state index contributed by atoms with van der Waals surface area (Å²) < 4.78 is 21.6. The second-order valence-electron chi connectivity index (χ2n) is 14.8. The highest BCUT2D eigenvalue weighted by atomic mass is 16.7. The lowest BCUT2D eigenvalue weighted by molar-refractivity contribution is -0.156. The number of benzene rings is 2. The van der Waals surface area contributed by atoms with E-state index in [9.17, 15) is 24.0 Å². The van der Waals surface area contributed by atoms with Gasteiger partial charge in [-0.15, -0.1) is 5.01 Å². The van der Waals surface area contributed by atoms with Crippen molar-refractivity contribution < 1.29 is 42.9 Å². The largest absolute Gasteiger partial charge is 0.496 e. The number of amides is 4. The first-order valence-corrected chi connectivity index (χ1v) is 17.1. The first kappa shape index (κ1) is 39.8. The summed E-state index contributed by atoms with van der Waals surface area (Å²) in [4.78, 5) is 68.5. The smallest absolute Gasteiger partial charge is 0.439 e. The van der Waals surface area contributed by atoms with E-state index in [4.69, 9.17) is 18.9 Å². The maximum Gasteiger partial charge on any atom is 0.439 e. The Balaban J connectivity index is 1.93. The van der Waals surface area contributed by atoms with Crippen LogP contribution >= 0.6 is 0 Å². The monoisotopic (exact) mass is 695 g/mol. The van der Waals surface area contributed by atoms with Crippen molar-refractivity contribution in [3.8, 4) is 5.75 Å². The van der Waals surface area contributed by atoms with Crippen LogP contribution in [0.5, 0.6) is 5.75 Å². The standard InChI is InChI=1S/C38H53N3O9/c1-24-19-25(2)21-28(20-24)32(42)41(37(4,5)6)40(33(43)29-17-14-18-31(47-10)26(29)3)36(46)49-23-48-34(44)30(22-27-15-12-11-13-16-27)39-35(45)50-38(7,8)9/h14,17-21,27,30H,11-13,15-16,22-23H2,1-10H3,(H,39,45). The minimum absolute atomic E-state index is 0.0925. The van der Waals surface area contributed by atoms with Gasteiger partial charge in [0.25, 0.3) is 11.8 Å². The molecule has 1 fully saturated rings. The van der Waals surface area contributed by atoms with Crippen molar-refractivity contribution in [1.82, 2.24) is 15.3 Å². The zero-order valence-electron chi connectivity index (χ0n) is 31.1. The maximum atomic E-state index is 14.3. The van der Waals surface area contributed by atoms with Gasteiger partial charge in [-0.3, -0.25) is 9.59 Å². The molecule has 1 aliphatic carbocycles. The van der Waals surface area contributed by atoms with E-state index in [1.807, 2.05) is 19.9 Å². The molecule has 0 spiro atoms. The van der Waals surface area contributed by atoms with Crippen LogP contribution in [-0.4, -0.2) is 71.1 Å². The third-order valence-corrected chi connectivity index (χ3v) is 8.25. The fraction of sp³-hybridized carbons (Fsp3) is 0.553. The number of nitrogens with one attached hydrogen (secondary N) is 1. The lowest BCUT2D eigenvalue weighted by Crippen LogP contribution is -2.60. The molecule has 0 radical (unpaired) electrons. The van der Waals surface area contributed by atoms with Crippen LogP contribution < -0.4 is 10.1 Å². The van der Waals surface area contributed by atoms with E-state index < -0.39 is 53.9 Å². The van der Waals surface area contributed by atoms with Crippen LogP contribution in [0.3, 0.4) is 0 Å². The third kappa shape index (κ3) is 10.9. The Morgan fingerprint density at radius 1 is 0.860 bits per heavy atom. The minimum Gasteiger partial charge on any atom is -0.496 e. The molecule has 0 bridgehead atoms. The number of methoxy groups -OCH3 is 1. The fourth-order valence-corrected chi connectivity index (χ4v) is 6.07. The van der Waals surface area contributed by atoms with Gasteiger partial charge in [0.05, 0.1) is 12.6 Å². The van der Waals surface area contributed by atoms with Crippen molar-refractivity contribution in [3.05, 3.63) is 64.2 Å². The molecule has 1 unspecified atom stereocenters. The highest BCUT2D eigenvalue weighted by Gasteiger charge is 2.42. The van der Waals surface area contributed by atoms with Crippen molar-refractivity contribution in [1.29, 1.82) is 0 Å². The molecule has 12 heteroatoms. The predicted octanol–water partition coefficient (Wildman–Crippen LogP) is 7.42. The predicted molar refractivity (Wildman–Crippen MR) is 188 cm³/mol. The number of carbonyl (C=O) groups is 5. The van der Waals surface area contributed by atoms with Crippen LogP contribution in [0.2, 0.25) is 0 Å². The summed E-state index contributed by atoms with van der Waals surface area (Å²) in [6, 6.07) is 8.98. The summed E-state index contributed by atoms with van der Waals surface area (Å²) in [6.07, 6.45) is 3.29. The van der Waals surface area contributed by atoms with Crippen LogP contribution in [0, 0.1) is 26.7 Å². The molecule has 1 saturated carbocycles. The normalized spacial score (nSPS) is 14.2. The Hall–Kier alpha value is -4.61. The second kappa shape index (κ2) is 16.9. The number of alkyl carbamates (subject to hydrolysis) is 1. The van der Waals surface area contributed by atoms with Gasteiger partial charge in [-0.25, -0.2) is 19.4 Å². The fourth-order valence-electron chi connectivity index (χ4n) is 6.07. The molecule has 4 amide bonds. The molecule has 2 aromatic carbocycles. The summed E-state index contributed by atoms with van der Waals surface area (Å²) >= 11 is 0. The van der Waals surface area contributed by atoms with Gasteiger partial charge >= 0.3 is 18.2 Å². The van der Waals surface area contributed by atoms with E-state index in [0.29, 0.717) is 22.7 Å². The van der Waals surface area contributed by atoms with Crippen molar-refractivity contribution in [2.75, 3.05) is 13.9 Å². The minimum atomic E-state index is -1.25. The van der Waals surface area contributed by atoms with E-state index in [1.165, 1.54) is 13.2 Å². The van der Waals surface area contributed by atoms with Gasteiger partial charge in [0.2, 0.25) is 6.79 Å². The first-order chi connectivity index (χ1) is 23.3. The Bertz CT molecular complexity index is 1530. The Morgan fingerprint density at radius 3 is 2.04 bits per heavy atom. The number of ether oxygens (including phenoxy) is 4. The van der Waals surface area contributed by atoms with Crippen LogP contribution in [0.4, 0.5) is 9.59 Å². The highest BCUT2D eigenvalue weighted by molar-refractivity contribution is 6.07. The summed E-state index contributed by atoms with van der Waals surface area (Å²) in [6.45, 7) is 14.6. The van der Waals surface area contributed by atoms with E-state index in [2.05, 4.69) is 5.32 Å². The van der Waals surface area contributed by atoms with E-state index in [-0.39, 0.29) is 17.0 Å². The molecule has 1 atom stereocenters. The number of hydrogen-bond acceptors (Lipinski definition) is 9. The molecule has 1 N–H and O–H groups in total. The number of rotatable bonds is 9. The van der Waals surface area contributed by atoms with Gasteiger partial charge in [0.15, 0.2) is 0 Å². The van der Waals surface area contributed by atoms with Crippen molar-refractivity contribution >= 4 is 30.0 Å². The topological polar surface area (TPSA) is 141 Å². The molecule has 2 aromatic rings. The molecule has 0 heterocycles. The van der Waals surface area contributed by atoms with Gasteiger partial charge in [0, 0.05) is 16.7 Å². The Morgan fingerprint density at radius 2 is 1.48 bits per heavy atom. The molecule has 3 rings (SSSR count). The Labute approximate surface area is 295 Å². The molecular weight excluding hydrogens is 642 g/mol. The number of nitrogens with zero attached hydrogens (tertiary/aromatic N) is 2. The first-order valence-electron chi connectivity index (χ1n) is 17.1. The SMILES string of the molecule is COc1cccc(C(=O)N(C(=O)OCOC(=O)C(CC2CCCCC2)NC(=O)OC(C)(C)C)N(C(=O)c2cc(C)cc(C)c2)C(C)(C)C)c1C. The van der Waals surface area contributed by atoms with Crippen molar-refractivity contribution in [3.63, 3.8) is 0 Å². The average molecular weight is 696 g/mol. The number of carbonyl (C=O) groups excluding carboxylic acids is 5. The maximum absolute atomic E-state index is 14.3. The number of esters is 1. The summed E-state index contributed by atoms with van der Waals surface area (Å²) in [5.74, 6) is -1.71. The number of hydrazine groups is 1. The molecule has 50 heavy (non-hydrogen) atoms. The quantitative estimate of drug-likeness (QED) is 0.161. The highest BCUT2D eigenvalue weighted by Crippen LogP contribution is 2.29. The molecule has 274 valence electrons. The molecule has 12 nitrogen and oxygen atoms in total. The average Bonchev–Trinajstić information content (AvgIpc) is 3.01. The van der Waals surface area contributed by atoms with Gasteiger partial charge in [-0.1, -0.05) is 55.4 Å². The number of hydrogen-bond donors (Lipinski definition) is 1. The number of imide groups is 1. The van der Waals surface area contributed by atoms with Crippen LogP contribution in [0.15, 0.2) is 36.4 Å². The van der Waals surface area contributed by atoms with Gasteiger partial charge in [0.1, 0.15) is 17.4 Å². The summed E-state index contributed by atoms with van der Waals surface area (Å²) in [5.41, 5.74) is 0.530. The zero-order valence-corrected chi connectivity index (χ0v) is 31.1. The van der Waals surface area contributed by atoms with Crippen LogP contribution in [0.25, 0.3) is 0 Å². The molecule has 0 aliphatic heterocycles. The number of aryl methyl sites for hydroxylation is 2. The van der Waals surface area contributed by atoms with Gasteiger partial charge in [-0.05, 0) is 98.9 Å². The Kier molecular flexibility index (Phi) is 13.4. The summed E-state index contributed by atoms with van der Waals surface area (Å²) in [7, 11) is 1.46. The molecule has 1 aliphatic rings. The molecule has 0 aromatic heterocycles. The van der Waals surface area contributed by atoms with E-state index >= 15 is 0 Å². The third-order valence-electron chi connectivity index (χ3n) is 8.25. The van der Waals surface area contributed by atoms with Crippen LogP contribution in [-0.2, 0) is 19.0 Å². The molecule has 0 saturated heterocycles. The van der Waals surface area contributed by atoms with Crippen molar-refractivity contribution in [2.24, 2.45) is 5.92 Å². The zero-order chi connectivity index (χ0) is 37.4.